The normalized spacial score (nSPS) is 12.7. The maximum atomic E-state index is 12.8. The van der Waals surface area contributed by atoms with Gasteiger partial charge in [-0.2, -0.15) is 0 Å². The van der Waals surface area contributed by atoms with Crippen LogP contribution in [0.2, 0.25) is 0 Å². The molecule has 3 aromatic carbocycles. The summed E-state index contributed by atoms with van der Waals surface area (Å²) in [6, 6.07) is 21.6. The highest BCUT2D eigenvalue weighted by Crippen LogP contribution is 2.33. The predicted molar refractivity (Wildman–Crippen MR) is 153 cm³/mol. The fraction of sp³-hybridized carbons (Fsp3) is 0.300. The second-order valence-electron chi connectivity index (χ2n) is 10.1. The summed E-state index contributed by atoms with van der Waals surface area (Å²) < 4.78 is 18.8. The first kappa shape index (κ1) is 26.6. The standard InChI is InChI=1S/C30H32N4O4S/c1-5-36-24-13-11-23(12-14-24)34-28(20-6-8-21(9-7-20)30(2,3)4)32-33-29(34)39-19-27(35)31-22-10-15-25-26(18-22)38-17-16-37-25/h6-15,18H,5,16-17,19H2,1-4H3,(H,31,35). The molecule has 39 heavy (non-hydrogen) atoms. The summed E-state index contributed by atoms with van der Waals surface area (Å²) in [6.07, 6.45) is 0. The summed E-state index contributed by atoms with van der Waals surface area (Å²) in [5.41, 5.74) is 3.76. The van der Waals surface area contributed by atoms with Gasteiger partial charge in [0.15, 0.2) is 22.5 Å². The van der Waals surface area contributed by atoms with Gasteiger partial charge in [-0.05, 0) is 54.3 Å². The van der Waals surface area contributed by atoms with Gasteiger partial charge < -0.3 is 19.5 Å². The molecule has 1 aliphatic heterocycles. The molecule has 5 rings (SSSR count). The molecule has 0 spiro atoms. The molecule has 0 unspecified atom stereocenters. The maximum Gasteiger partial charge on any atom is 0.234 e. The molecule has 1 aromatic heterocycles. The number of rotatable bonds is 8. The molecule has 0 fully saturated rings. The third-order valence-corrected chi connectivity index (χ3v) is 7.14. The first-order valence-corrected chi connectivity index (χ1v) is 13.9. The van der Waals surface area contributed by atoms with Gasteiger partial charge in [-0.1, -0.05) is 56.8 Å². The quantitative estimate of drug-likeness (QED) is 0.267. The third-order valence-electron chi connectivity index (χ3n) is 6.21. The van der Waals surface area contributed by atoms with Crippen LogP contribution < -0.4 is 19.5 Å². The van der Waals surface area contributed by atoms with Gasteiger partial charge in [0.05, 0.1) is 12.4 Å². The smallest absolute Gasteiger partial charge is 0.234 e. The number of benzene rings is 3. The molecule has 1 aliphatic rings. The molecule has 1 N–H and O–H groups in total. The first-order valence-electron chi connectivity index (χ1n) is 12.9. The van der Waals surface area contributed by atoms with Gasteiger partial charge in [-0.15, -0.1) is 10.2 Å². The Hall–Kier alpha value is -3.98. The second-order valence-corrected chi connectivity index (χ2v) is 11.0. The van der Waals surface area contributed by atoms with E-state index in [2.05, 4.69) is 60.6 Å². The van der Waals surface area contributed by atoms with Crippen molar-refractivity contribution in [1.29, 1.82) is 0 Å². The van der Waals surface area contributed by atoms with E-state index in [1.54, 1.807) is 18.2 Å². The Morgan fingerprint density at radius 2 is 1.69 bits per heavy atom. The first-order chi connectivity index (χ1) is 18.8. The molecule has 4 aromatic rings. The van der Waals surface area contributed by atoms with Crippen LogP contribution in [-0.4, -0.2) is 46.2 Å². The van der Waals surface area contributed by atoms with Crippen LogP contribution in [0, 0.1) is 0 Å². The molecule has 2 heterocycles. The van der Waals surface area contributed by atoms with Crippen LogP contribution >= 0.6 is 11.8 Å². The Labute approximate surface area is 232 Å². The number of thioether (sulfide) groups is 1. The number of hydrogen-bond acceptors (Lipinski definition) is 7. The molecule has 8 nitrogen and oxygen atoms in total. The van der Waals surface area contributed by atoms with Crippen molar-refractivity contribution in [3.63, 3.8) is 0 Å². The van der Waals surface area contributed by atoms with Crippen molar-refractivity contribution >= 4 is 23.4 Å². The molecule has 0 saturated heterocycles. The monoisotopic (exact) mass is 544 g/mol. The van der Waals surface area contributed by atoms with Gasteiger partial charge in [0.1, 0.15) is 19.0 Å². The second kappa shape index (κ2) is 11.4. The van der Waals surface area contributed by atoms with Crippen molar-refractivity contribution in [2.45, 2.75) is 38.3 Å². The summed E-state index contributed by atoms with van der Waals surface area (Å²) >= 11 is 1.33. The van der Waals surface area contributed by atoms with Gasteiger partial charge in [0.2, 0.25) is 5.91 Å². The number of fused-ring (bicyclic) bond motifs is 1. The molecule has 0 bridgehead atoms. The minimum absolute atomic E-state index is 0.0485. The van der Waals surface area contributed by atoms with E-state index in [1.165, 1.54) is 17.3 Å². The van der Waals surface area contributed by atoms with Crippen molar-refractivity contribution in [3.05, 3.63) is 72.3 Å². The molecule has 1 amide bonds. The fourth-order valence-corrected chi connectivity index (χ4v) is 4.96. The van der Waals surface area contributed by atoms with Crippen LogP contribution in [0.4, 0.5) is 5.69 Å². The fourth-order valence-electron chi connectivity index (χ4n) is 4.21. The molecule has 202 valence electrons. The van der Waals surface area contributed by atoms with E-state index in [9.17, 15) is 4.79 Å². The molecule has 9 heteroatoms. The molecule has 0 radical (unpaired) electrons. The molecule has 0 atom stereocenters. The lowest BCUT2D eigenvalue weighted by molar-refractivity contribution is -0.113. The zero-order valence-electron chi connectivity index (χ0n) is 22.6. The summed E-state index contributed by atoms with van der Waals surface area (Å²) in [5.74, 6) is 2.80. The number of amides is 1. The Morgan fingerprint density at radius 3 is 2.38 bits per heavy atom. The number of carbonyl (C=O) groups excluding carboxylic acids is 1. The number of nitrogens with one attached hydrogen (secondary N) is 1. The topological polar surface area (TPSA) is 87.5 Å². The molecular formula is C30H32N4O4S. The zero-order valence-corrected chi connectivity index (χ0v) is 23.4. The van der Waals surface area contributed by atoms with Crippen LogP contribution in [0.3, 0.4) is 0 Å². The number of anilines is 1. The van der Waals surface area contributed by atoms with Crippen LogP contribution in [-0.2, 0) is 10.2 Å². The van der Waals surface area contributed by atoms with Crippen molar-refractivity contribution < 1.29 is 19.0 Å². The van der Waals surface area contributed by atoms with Crippen LogP contribution in [0.1, 0.15) is 33.3 Å². The van der Waals surface area contributed by atoms with Crippen molar-refractivity contribution in [3.8, 4) is 34.3 Å². The molecule has 0 saturated carbocycles. The maximum absolute atomic E-state index is 12.8. The van der Waals surface area contributed by atoms with Crippen LogP contribution in [0.25, 0.3) is 17.1 Å². The van der Waals surface area contributed by atoms with E-state index in [4.69, 9.17) is 14.2 Å². The molecular weight excluding hydrogens is 512 g/mol. The van der Waals surface area contributed by atoms with Crippen LogP contribution in [0.5, 0.6) is 17.2 Å². The Kier molecular flexibility index (Phi) is 7.79. The van der Waals surface area contributed by atoms with E-state index < -0.39 is 0 Å². The minimum Gasteiger partial charge on any atom is -0.494 e. The molecule has 0 aliphatic carbocycles. The summed E-state index contributed by atoms with van der Waals surface area (Å²) in [5, 5.41) is 12.5. The average molecular weight is 545 g/mol. The Bertz CT molecular complexity index is 1440. The minimum atomic E-state index is -0.158. The van der Waals surface area contributed by atoms with E-state index in [-0.39, 0.29) is 17.1 Å². The van der Waals surface area contributed by atoms with Crippen molar-refractivity contribution in [2.75, 3.05) is 30.9 Å². The number of ether oxygens (including phenoxy) is 3. The lowest BCUT2D eigenvalue weighted by atomic mass is 9.87. The summed E-state index contributed by atoms with van der Waals surface area (Å²) in [7, 11) is 0. The van der Waals surface area contributed by atoms with Crippen molar-refractivity contribution in [2.24, 2.45) is 0 Å². The van der Waals surface area contributed by atoms with Gasteiger partial charge in [0.25, 0.3) is 0 Å². The average Bonchev–Trinajstić information content (AvgIpc) is 3.36. The van der Waals surface area contributed by atoms with Gasteiger partial charge in [-0.25, -0.2) is 0 Å². The van der Waals surface area contributed by atoms with E-state index in [1.807, 2.05) is 35.8 Å². The number of carbonyl (C=O) groups is 1. The number of hydrogen-bond donors (Lipinski definition) is 1. The van der Waals surface area contributed by atoms with Crippen molar-refractivity contribution in [1.82, 2.24) is 14.8 Å². The van der Waals surface area contributed by atoms with Gasteiger partial charge in [-0.3, -0.25) is 9.36 Å². The highest BCUT2D eigenvalue weighted by Gasteiger charge is 2.20. The number of nitrogens with zero attached hydrogens (tertiary/aromatic N) is 3. The van der Waals surface area contributed by atoms with Crippen LogP contribution in [0.15, 0.2) is 71.9 Å². The largest absolute Gasteiger partial charge is 0.494 e. The third kappa shape index (κ3) is 6.20. The lowest BCUT2D eigenvalue weighted by Crippen LogP contribution is -2.17. The zero-order chi connectivity index (χ0) is 27.4. The highest BCUT2D eigenvalue weighted by atomic mass is 32.2. The van der Waals surface area contributed by atoms with E-state index >= 15 is 0 Å². The van der Waals surface area contributed by atoms with E-state index in [0.717, 1.165) is 17.0 Å². The summed E-state index contributed by atoms with van der Waals surface area (Å²) in [4.78, 5) is 12.8. The number of aromatic nitrogens is 3. The van der Waals surface area contributed by atoms with Gasteiger partial charge in [0, 0.05) is 23.0 Å². The van der Waals surface area contributed by atoms with E-state index in [0.29, 0.717) is 48.0 Å². The van der Waals surface area contributed by atoms with Gasteiger partial charge >= 0.3 is 0 Å². The Balaban J connectivity index is 1.38. The lowest BCUT2D eigenvalue weighted by Gasteiger charge is -2.19. The SMILES string of the molecule is CCOc1ccc(-n2c(SCC(=O)Nc3ccc4c(c3)OCCO4)nnc2-c2ccc(C(C)(C)C)cc2)cc1. The summed E-state index contributed by atoms with van der Waals surface area (Å²) in [6.45, 7) is 10.1. The Morgan fingerprint density at radius 1 is 0.974 bits per heavy atom. The highest BCUT2D eigenvalue weighted by molar-refractivity contribution is 7.99. The predicted octanol–water partition coefficient (Wildman–Crippen LogP) is 6.13.